The molecule has 0 radical (unpaired) electrons. The highest BCUT2D eigenvalue weighted by atomic mass is 32.2. The molecule has 1 fully saturated rings. The van der Waals surface area contributed by atoms with Crippen molar-refractivity contribution in [2.75, 3.05) is 18.6 Å². The number of amides is 1. The van der Waals surface area contributed by atoms with Crippen molar-refractivity contribution in [2.45, 2.75) is 37.1 Å². The third-order valence-corrected chi connectivity index (χ3v) is 5.77. The van der Waals surface area contributed by atoms with Gasteiger partial charge in [-0.3, -0.25) is 9.79 Å². The zero-order valence-electron chi connectivity index (χ0n) is 15.7. The monoisotopic (exact) mass is 386 g/mol. The number of hydrogen-bond acceptors (Lipinski definition) is 4. The van der Waals surface area contributed by atoms with E-state index in [9.17, 15) is 4.79 Å². The predicted octanol–water partition coefficient (Wildman–Crippen LogP) is 3.48. The summed E-state index contributed by atoms with van der Waals surface area (Å²) in [5.74, 6) is 0.849. The van der Waals surface area contributed by atoms with E-state index in [-0.39, 0.29) is 5.91 Å². The summed E-state index contributed by atoms with van der Waals surface area (Å²) >= 11 is 1.94. The average molecular weight is 387 g/mol. The minimum atomic E-state index is -0.257. The van der Waals surface area contributed by atoms with Gasteiger partial charge in [-0.2, -0.15) is 11.8 Å². The molecule has 2 unspecified atom stereocenters. The zero-order chi connectivity index (χ0) is 19.1. The number of nitrogens with one attached hydrogen (secondary N) is 3. The van der Waals surface area contributed by atoms with Crippen LogP contribution in [-0.2, 0) is 6.54 Å². The quantitative estimate of drug-likeness (QED) is 0.523. The molecule has 7 heteroatoms. The second-order valence-corrected chi connectivity index (χ2v) is 7.71. The standard InChI is InChI=1S/C20H26N4O2S/c1-21-20(24-16-8-9-17(12-16)27-2)22-13-14-5-3-6-15(11-14)23-19(25)18-7-4-10-26-18/h3-7,10-11,16-17H,8-9,12-13H2,1-2H3,(H,23,25)(H2,21,22,24). The molecule has 1 amide bonds. The van der Waals surface area contributed by atoms with E-state index in [2.05, 4.69) is 27.2 Å². The number of guanidine groups is 1. The van der Waals surface area contributed by atoms with Crippen molar-refractivity contribution < 1.29 is 9.21 Å². The van der Waals surface area contributed by atoms with Crippen molar-refractivity contribution in [3.05, 3.63) is 54.0 Å². The zero-order valence-corrected chi connectivity index (χ0v) is 16.5. The van der Waals surface area contributed by atoms with Crippen LogP contribution in [0.4, 0.5) is 5.69 Å². The number of thioether (sulfide) groups is 1. The third-order valence-electron chi connectivity index (χ3n) is 4.67. The number of rotatable bonds is 6. The molecule has 1 aliphatic rings. The molecule has 3 rings (SSSR count). The molecule has 0 spiro atoms. The SMILES string of the molecule is CN=C(NCc1cccc(NC(=O)c2ccco2)c1)NC1CCC(SC)C1. The molecule has 0 saturated heterocycles. The summed E-state index contributed by atoms with van der Waals surface area (Å²) < 4.78 is 5.12. The van der Waals surface area contributed by atoms with Crippen molar-refractivity contribution in [1.29, 1.82) is 0 Å². The van der Waals surface area contributed by atoms with E-state index in [0.29, 0.717) is 18.3 Å². The Morgan fingerprint density at radius 2 is 2.19 bits per heavy atom. The van der Waals surface area contributed by atoms with Gasteiger partial charge in [-0.25, -0.2) is 0 Å². The molecular weight excluding hydrogens is 360 g/mol. The van der Waals surface area contributed by atoms with Gasteiger partial charge in [-0.1, -0.05) is 12.1 Å². The normalized spacial score (nSPS) is 19.7. The summed E-state index contributed by atoms with van der Waals surface area (Å²) in [6.07, 6.45) is 7.28. The van der Waals surface area contributed by atoms with Crippen LogP contribution in [0.2, 0.25) is 0 Å². The number of anilines is 1. The maximum Gasteiger partial charge on any atom is 0.291 e. The molecule has 1 heterocycles. The van der Waals surface area contributed by atoms with Crippen LogP contribution in [0.1, 0.15) is 35.4 Å². The second kappa shape index (κ2) is 9.50. The summed E-state index contributed by atoms with van der Waals surface area (Å²) in [6, 6.07) is 11.6. The smallest absolute Gasteiger partial charge is 0.291 e. The highest BCUT2D eigenvalue weighted by Crippen LogP contribution is 2.28. The first kappa shape index (κ1) is 19.4. The fourth-order valence-corrected chi connectivity index (χ4v) is 4.02. The van der Waals surface area contributed by atoms with Gasteiger partial charge in [0.05, 0.1) is 6.26 Å². The van der Waals surface area contributed by atoms with Gasteiger partial charge in [0.2, 0.25) is 0 Å². The molecule has 2 aromatic rings. The van der Waals surface area contributed by atoms with Gasteiger partial charge >= 0.3 is 0 Å². The third kappa shape index (κ3) is 5.53. The number of carbonyl (C=O) groups is 1. The van der Waals surface area contributed by atoms with Crippen molar-refractivity contribution in [1.82, 2.24) is 10.6 Å². The van der Waals surface area contributed by atoms with Crippen LogP contribution in [-0.4, -0.2) is 36.5 Å². The first-order valence-corrected chi connectivity index (χ1v) is 10.4. The number of benzene rings is 1. The Labute approximate surface area is 164 Å². The number of hydrogen-bond donors (Lipinski definition) is 3. The van der Waals surface area contributed by atoms with Crippen LogP contribution in [0.5, 0.6) is 0 Å². The lowest BCUT2D eigenvalue weighted by Gasteiger charge is -2.17. The van der Waals surface area contributed by atoms with Gasteiger partial charge in [0.15, 0.2) is 11.7 Å². The van der Waals surface area contributed by atoms with Gasteiger partial charge in [0, 0.05) is 30.6 Å². The van der Waals surface area contributed by atoms with Gasteiger partial charge in [-0.15, -0.1) is 0 Å². The van der Waals surface area contributed by atoms with E-state index in [1.807, 2.05) is 36.0 Å². The van der Waals surface area contributed by atoms with Gasteiger partial charge in [0.25, 0.3) is 5.91 Å². The summed E-state index contributed by atoms with van der Waals surface area (Å²) in [6.45, 7) is 0.628. The molecule has 2 atom stereocenters. The maximum absolute atomic E-state index is 12.1. The molecule has 6 nitrogen and oxygen atoms in total. The molecule has 1 aromatic heterocycles. The van der Waals surface area contributed by atoms with Crippen molar-refractivity contribution in [2.24, 2.45) is 4.99 Å². The number of aliphatic imine (C=N–C) groups is 1. The number of carbonyl (C=O) groups excluding carboxylic acids is 1. The van der Waals surface area contributed by atoms with E-state index in [4.69, 9.17) is 4.42 Å². The maximum atomic E-state index is 12.1. The molecular formula is C20H26N4O2S. The van der Waals surface area contributed by atoms with Gasteiger partial charge < -0.3 is 20.4 Å². The summed E-state index contributed by atoms with van der Waals surface area (Å²) in [5.41, 5.74) is 1.79. The summed E-state index contributed by atoms with van der Waals surface area (Å²) in [7, 11) is 1.79. The van der Waals surface area contributed by atoms with Gasteiger partial charge in [0.1, 0.15) is 0 Å². The highest BCUT2D eigenvalue weighted by Gasteiger charge is 2.24. The summed E-state index contributed by atoms with van der Waals surface area (Å²) in [4.78, 5) is 16.4. The van der Waals surface area contributed by atoms with Crippen LogP contribution in [0.3, 0.4) is 0 Å². The minimum Gasteiger partial charge on any atom is -0.459 e. The van der Waals surface area contributed by atoms with E-state index < -0.39 is 0 Å². The first-order valence-electron chi connectivity index (χ1n) is 9.11. The molecule has 0 aliphatic heterocycles. The lowest BCUT2D eigenvalue weighted by atomic mass is 10.2. The topological polar surface area (TPSA) is 78.7 Å². The Hall–Kier alpha value is -2.41. The van der Waals surface area contributed by atoms with E-state index in [0.717, 1.165) is 22.5 Å². The van der Waals surface area contributed by atoms with Gasteiger partial charge in [-0.05, 0) is 55.3 Å². The lowest BCUT2D eigenvalue weighted by molar-refractivity contribution is 0.0996. The average Bonchev–Trinajstić information content (AvgIpc) is 3.37. The molecule has 1 aliphatic carbocycles. The van der Waals surface area contributed by atoms with E-state index >= 15 is 0 Å². The Kier molecular flexibility index (Phi) is 6.81. The van der Waals surface area contributed by atoms with Crippen LogP contribution in [0.15, 0.2) is 52.1 Å². The van der Waals surface area contributed by atoms with Crippen LogP contribution >= 0.6 is 11.8 Å². The molecule has 1 saturated carbocycles. The fraction of sp³-hybridized carbons (Fsp3) is 0.400. The molecule has 144 valence electrons. The fourth-order valence-electron chi connectivity index (χ4n) is 3.22. The van der Waals surface area contributed by atoms with Crippen molar-refractivity contribution in [3.8, 4) is 0 Å². The Morgan fingerprint density at radius 3 is 2.89 bits per heavy atom. The second-order valence-electron chi connectivity index (χ2n) is 6.57. The number of nitrogens with zero attached hydrogens (tertiary/aromatic N) is 1. The molecule has 1 aromatic carbocycles. The molecule has 3 N–H and O–H groups in total. The largest absolute Gasteiger partial charge is 0.459 e. The Morgan fingerprint density at radius 1 is 1.30 bits per heavy atom. The minimum absolute atomic E-state index is 0.257. The van der Waals surface area contributed by atoms with Crippen LogP contribution in [0, 0.1) is 0 Å². The highest BCUT2D eigenvalue weighted by molar-refractivity contribution is 7.99. The van der Waals surface area contributed by atoms with E-state index in [1.54, 1.807) is 19.2 Å². The lowest BCUT2D eigenvalue weighted by Crippen LogP contribution is -2.42. The first-order chi connectivity index (χ1) is 13.2. The number of furan rings is 1. The molecule has 27 heavy (non-hydrogen) atoms. The van der Waals surface area contributed by atoms with Crippen LogP contribution < -0.4 is 16.0 Å². The van der Waals surface area contributed by atoms with Crippen molar-refractivity contribution >= 4 is 29.3 Å². The Balaban J connectivity index is 1.52. The van der Waals surface area contributed by atoms with Crippen LogP contribution in [0.25, 0.3) is 0 Å². The predicted molar refractivity (Wildman–Crippen MR) is 111 cm³/mol. The molecule has 0 bridgehead atoms. The van der Waals surface area contributed by atoms with Crippen molar-refractivity contribution in [3.63, 3.8) is 0 Å². The van der Waals surface area contributed by atoms with E-state index in [1.165, 1.54) is 25.5 Å². The Bertz CT molecular complexity index is 776. The summed E-state index contributed by atoms with van der Waals surface area (Å²) in [5, 5.41) is 10.5.